The van der Waals surface area contributed by atoms with Crippen LogP contribution in [0.4, 0.5) is 13.2 Å². The Morgan fingerprint density at radius 2 is 1.71 bits per heavy atom. The van der Waals surface area contributed by atoms with E-state index in [2.05, 4.69) is 14.7 Å². The quantitative estimate of drug-likeness (QED) is 0.745. The number of aromatic nitrogens is 2. The molecule has 78 valence electrons. The Bertz CT molecular complexity index is 294. The van der Waals surface area contributed by atoms with Crippen molar-refractivity contribution in [1.29, 1.82) is 0 Å². The summed E-state index contributed by atoms with van der Waals surface area (Å²) in [6.07, 6.45) is -2.67. The largest absolute Gasteiger partial charge is 0.573 e. The highest BCUT2D eigenvalue weighted by molar-refractivity contribution is 5.13. The number of rotatable bonds is 2. The monoisotopic (exact) mass is 206 g/mol. The van der Waals surface area contributed by atoms with Gasteiger partial charge in [0.05, 0.1) is 12.4 Å². The number of hydrogen-bond donors (Lipinski definition) is 0. The first-order valence-electron chi connectivity index (χ1n) is 3.96. The van der Waals surface area contributed by atoms with Gasteiger partial charge in [-0.1, -0.05) is 13.8 Å². The van der Waals surface area contributed by atoms with Crippen molar-refractivity contribution in [3.8, 4) is 5.75 Å². The van der Waals surface area contributed by atoms with E-state index < -0.39 is 12.1 Å². The zero-order chi connectivity index (χ0) is 10.8. The van der Waals surface area contributed by atoms with Gasteiger partial charge in [0.2, 0.25) is 0 Å². The van der Waals surface area contributed by atoms with E-state index >= 15 is 0 Å². The number of alkyl halides is 3. The minimum Gasteiger partial charge on any atom is -0.402 e. The van der Waals surface area contributed by atoms with Gasteiger partial charge in [-0.05, 0) is 0 Å². The lowest BCUT2D eigenvalue weighted by Crippen LogP contribution is -2.17. The zero-order valence-electron chi connectivity index (χ0n) is 7.67. The van der Waals surface area contributed by atoms with Gasteiger partial charge in [-0.15, -0.1) is 13.2 Å². The molecule has 0 saturated carbocycles. The molecule has 0 amide bonds. The van der Waals surface area contributed by atoms with Crippen LogP contribution in [0.15, 0.2) is 12.4 Å². The van der Waals surface area contributed by atoms with Crippen LogP contribution in [0, 0.1) is 0 Å². The van der Waals surface area contributed by atoms with Crippen LogP contribution in [0.25, 0.3) is 0 Å². The van der Waals surface area contributed by atoms with E-state index in [1.165, 1.54) is 0 Å². The van der Waals surface area contributed by atoms with Gasteiger partial charge in [0, 0.05) is 5.92 Å². The molecule has 14 heavy (non-hydrogen) atoms. The molecule has 0 aliphatic rings. The SMILES string of the molecule is CC(C)c1ncc(OC(F)(F)F)cn1. The summed E-state index contributed by atoms with van der Waals surface area (Å²) in [5.41, 5.74) is 0. The van der Waals surface area contributed by atoms with Gasteiger partial charge >= 0.3 is 6.36 Å². The average Bonchev–Trinajstić information content (AvgIpc) is 2.02. The molecule has 3 nitrogen and oxygen atoms in total. The molecule has 0 radical (unpaired) electrons. The Labute approximate surface area is 78.9 Å². The topological polar surface area (TPSA) is 35.0 Å². The van der Waals surface area contributed by atoms with Gasteiger partial charge in [0.25, 0.3) is 0 Å². The van der Waals surface area contributed by atoms with Crippen LogP contribution >= 0.6 is 0 Å². The van der Waals surface area contributed by atoms with E-state index in [0.717, 1.165) is 12.4 Å². The molecule has 1 rings (SSSR count). The molecule has 1 heterocycles. The smallest absolute Gasteiger partial charge is 0.402 e. The molecule has 0 aliphatic heterocycles. The van der Waals surface area contributed by atoms with Gasteiger partial charge in [-0.2, -0.15) is 0 Å². The lowest BCUT2D eigenvalue weighted by molar-refractivity contribution is -0.274. The van der Waals surface area contributed by atoms with Crippen LogP contribution in [-0.4, -0.2) is 16.3 Å². The lowest BCUT2D eigenvalue weighted by Gasteiger charge is -2.08. The number of hydrogen-bond acceptors (Lipinski definition) is 3. The highest BCUT2D eigenvalue weighted by atomic mass is 19.4. The lowest BCUT2D eigenvalue weighted by atomic mass is 10.2. The molecule has 0 spiro atoms. The summed E-state index contributed by atoms with van der Waals surface area (Å²) in [4.78, 5) is 7.45. The molecular formula is C8H9F3N2O. The number of halogens is 3. The summed E-state index contributed by atoms with van der Waals surface area (Å²) in [6.45, 7) is 3.69. The van der Waals surface area contributed by atoms with Crippen molar-refractivity contribution < 1.29 is 17.9 Å². The normalized spacial score (nSPS) is 11.9. The van der Waals surface area contributed by atoms with Crippen molar-refractivity contribution in [3.63, 3.8) is 0 Å². The standard InChI is InChI=1S/C8H9F3N2O/c1-5(2)7-12-3-6(4-13-7)14-8(9,10)11/h3-5H,1-2H3. The fraction of sp³-hybridized carbons (Fsp3) is 0.500. The van der Waals surface area contributed by atoms with Crippen molar-refractivity contribution in [3.05, 3.63) is 18.2 Å². The molecule has 0 fully saturated rings. The minimum absolute atomic E-state index is 0.0786. The Morgan fingerprint density at radius 3 is 2.07 bits per heavy atom. The Balaban J connectivity index is 2.74. The molecule has 0 aliphatic carbocycles. The Hall–Kier alpha value is -1.33. The molecule has 0 aromatic carbocycles. The second kappa shape index (κ2) is 3.81. The maximum absolute atomic E-state index is 11.7. The van der Waals surface area contributed by atoms with Crippen LogP contribution in [0.2, 0.25) is 0 Å². The van der Waals surface area contributed by atoms with Crippen LogP contribution in [0.1, 0.15) is 25.6 Å². The van der Waals surface area contributed by atoms with E-state index in [1.54, 1.807) is 0 Å². The van der Waals surface area contributed by atoms with E-state index in [0.29, 0.717) is 5.82 Å². The van der Waals surface area contributed by atoms with Gasteiger partial charge in [-0.25, -0.2) is 9.97 Å². The highest BCUT2D eigenvalue weighted by Gasteiger charge is 2.31. The molecule has 1 aromatic rings. The van der Waals surface area contributed by atoms with E-state index in [4.69, 9.17) is 0 Å². The first kappa shape index (κ1) is 10.7. The number of nitrogens with zero attached hydrogens (tertiary/aromatic N) is 2. The molecular weight excluding hydrogens is 197 g/mol. The van der Waals surface area contributed by atoms with Crippen LogP contribution in [-0.2, 0) is 0 Å². The maximum atomic E-state index is 11.7. The molecule has 0 saturated heterocycles. The Morgan fingerprint density at radius 1 is 1.21 bits per heavy atom. The van der Waals surface area contributed by atoms with Crippen molar-refractivity contribution >= 4 is 0 Å². The summed E-state index contributed by atoms with van der Waals surface area (Å²) >= 11 is 0. The van der Waals surface area contributed by atoms with Crippen molar-refractivity contribution in [2.75, 3.05) is 0 Å². The third-order valence-corrected chi connectivity index (χ3v) is 1.40. The van der Waals surface area contributed by atoms with Gasteiger partial charge < -0.3 is 4.74 Å². The summed E-state index contributed by atoms with van der Waals surface area (Å²) in [5.74, 6) is 0.163. The summed E-state index contributed by atoms with van der Waals surface area (Å²) in [7, 11) is 0. The van der Waals surface area contributed by atoms with Crippen molar-refractivity contribution in [1.82, 2.24) is 9.97 Å². The second-order valence-corrected chi connectivity index (χ2v) is 2.98. The molecule has 1 aromatic heterocycles. The maximum Gasteiger partial charge on any atom is 0.573 e. The summed E-state index contributed by atoms with van der Waals surface area (Å²) in [5, 5.41) is 0. The Kier molecular flexibility index (Phi) is 2.93. The van der Waals surface area contributed by atoms with Gasteiger partial charge in [0.15, 0.2) is 5.75 Å². The molecule has 0 atom stereocenters. The third kappa shape index (κ3) is 3.20. The second-order valence-electron chi connectivity index (χ2n) is 2.98. The van der Waals surface area contributed by atoms with E-state index in [9.17, 15) is 13.2 Å². The molecule has 6 heteroatoms. The fourth-order valence-corrected chi connectivity index (χ4v) is 0.811. The van der Waals surface area contributed by atoms with Gasteiger partial charge in [-0.3, -0.25) is 0 Å². The molecule has 0 N–H and O–H groups in total. The predicted octanol–water partition coefficient (Wildman–Crippen LogP) is 2.50. The van der Waals surface area contributed by atoms with Crippen LogP contribution in [0.3, 0.4) is 0 Å². The summed E-state index contributed by atoms with van der Waals surface area (Å²) in [6, 6.07) is 0. The van der Waals surface area contributed by atoms with Crippen molar-refractivity contribution in [2.45, 2.75) is 26.1 Å². The minimum atomic E-state index is -4.69. The first-order valence-corrected chi connectivity index (χ1v) is 3.96. The van der Waals surface area contributed by atoms with Crippen LogP contribution in [0.5, 0.6) is 5.75 Å². The average molecular weight is 206 g/mol. The molecule has 0 bridgehead atoms. The molecule has 0 unspecified atom stereocenters. The van der Waals surface area contributed by atoms with E-state index in [1.807, 2.05) is 13.8 Å². The van der Waals surface area contributed by atoms with Crippen LogP contribution < -0.4 is 4.74 Å². The summed E-state index contributed by atoms with van der Waals surface area (Å²) < 4.78 is 38.8. The third-order valence-electron chi connectivity index (χ3n) is 1.40. The number of ether oxygens (including phenoxy) is 1. The first-order chi connectivity index (χ1) is 6.38. The zero-order valence-corrected chi connectivity index (χ0v) is 7.67. The fourth-order valence-electron chi connectivity index (χ4n) is 0.811. The predicted molar refractivity (Wildman–Crippen MR) is 42.8 cm³/mol. The van der Waals surface area contributed by atoms with E-state index in [-0.39, 0.29) is 5.92 Å². The van der Waals surface area contributed by atoms with Gasteiger partial charge in [0.1, 0.15) is 5.82 Å². The van der Waals surface area contributed by atoms with Crippen molar-refractivity contribution in [2.24, 2.45) is 0 Å². The highest BCUT2D eigenvalue weighted by Crippen LogP contribution is 2.21.